The molecule has 0 aliphatic carbocycles. The second-order valence-corrected chi connectivity index (χ2v) is 3.91. The van der Waals surface area contributed by atoms with Gasteiger partial charge >= 0.3 is 0 Å². The molecule has 2 aromatic rings. The van der Waals surface area contributed by atoms with Gasteiger partial charge in [0.25, 0.3) is 0 Å². The van der Waals surface area contributed by atoms with Crippen LogP contribution in [0.1, 0.15) is 11.1 Å². The van der Waals surface area contributed by atoms with E-state index >= 15 is 0 Å². The van der Waals surface area contributed by atoms with Crippen molar-refractivity contribution in [3.8, 4) is 0 Å². The van der Waals surface area contributed by atoms with Crippen LogP contribution in [-0.4, -0.2) is 6.21 Å². The highest BCUT2D eigenvalue weighted by atomic mass is 19.2. The third-order valence-corrected chi connectivity index (χ3v) is 2.40. The molecular formula is C14H12F2N2. The molecule has 1 N–H and O–H groups in total. The highest BCUT2D eigenvalue weighted by molar-refractivity contribution is 5.80. The lowest BCUT2D eigenvalue weighted by Gasteiger charge is -2.00. The molecule has 0 aliphatic heterocycles. The summed E-state index contributed by atoms with van der Waals surface area (Å²) in [5, 5.41) is 3.95. The van der Waals surface area contributed by atoms with Crippen LogP contribution in [0.15, 0.2) is 47.6 Å². The van der Waals surface area contributed by atoms with Gasteiger partial charge < -0.3 is 0 Å². The summed E-state index contributed by atoms with van der Waals surface area (Å²) in [7, 11) is 0. The number of hydrogen-bond acceptors (Lipinski definition) is 2. The van der Waals surface area contributed by atoms with Crippen molar-refractivity contribution in [3.05, 3.63) is 65.2 Å². The summed E-state index contributed by atoms with van der Waals surface area (Å²) in [5.74, 6) is -1.74. The Morgan fingerprint density at radius 3 is 2.39 bits per heavy atom. The molecule has 0 bridgehead atoms. The van der Waals surface area contributed by atoms with Crippen LogP contribution in [0.3, 0.4) is 0 Å². The number of nitrogens with zero attached hydrogens (tertiary/aromatic N) is 1. The number of aryl methyl sites for hydroxylation is 1. The zero-order valence-corrected chi connectivity index (χ0v) is 9.82. The van der Waals surface area contributed by atoms with Crippen LogP contribution in [-0.2, 0) is 0 Å². The Balaban J connectivity index is 2.02. The van der Waals surface area contributed by atoms with Crippen molar-refractivity contribution in [1.29, 1.82) is 0 Å². The molecule has 0 saturated heterocycles. The first-order chi connectivity index (χ1) is 8.65. The van der Waals surface area contributed by atoms with Gasteiger partial charge in [-0.25, -0.2) is 8.78 Å². The molecular weight excluding hydrogens is 234 g/mol. The van der Waals surface area contributed by atoms with Crippen LogP contribution in [0.4, 0.5) is 14.5 Å². The minimum atomic E-state index is -0.880. The minimum absolute atomic E-state index is 0.494. The second kappa shape index (κ2) is 5.40. The first-order valence-corrected chi connectivity index (χ1v) is 5.46. The van der Waals surface area contributed by atoms with E-state index in [9.17, 15) is 8.78 Å². The van der Waals surface area contributed by atoms with Gasteiger partial charge in [0.2, 0.25) is 0 Å². The molecule has 0 aliphatic rings. The lowest BCUT2D eigenvalue weighted by molar-refractivity contribution is 0.508. The fourth-order valence-corrected chi connectivity index (χ4v) is 1.40. The monoisotopic (exact) mass is 246 g/mol. The molecule has 0 unspecified atom stereocenters. The number of hydrazone groups is 1. The molecule has 0 atom stereocenters. The molecule has 0 amide bonds. The summed E-state index contributed by atoms with van der Waals surface area (Å²) in [6.07, 6.45) is 1.43. The Kier molecular flexibility index (Phi) is 3.67. The zero-order chi connectivity index (χ0) is 13.0. The fraction of sp³-hybridized carbons (Fsp3) is 0.0714. The first-order valence-electron chi connectivity index (χ1n) is 5.46. The van der Waals surface area contributed by atoms with Gasteiger partial charge in [-0.3, -0.25) is 5.43 Å². The van der Waals surface area contributed by atoms with Crippen molar-refractivity contribution in [1.82, 2.24) is 0 Å². The van der Waals surface area contributed by atoms with Crippen LogP contribution in [0.5, 0.6) is 0 Å². The highest BCUT2D eigenvalue weighted by Gasteiger charge is 2.00. The molecule has 0 aromatic heterocycles. The van der Waals surface area contributed by atoms with E-state index in [1.54, 1.807) is 0 Å². The average Bonchev–Trinajstić information content (AvgIpc) is 2.36. The van der Waals surface area contributed by atoms with E-state index in [-0.39, 0.29) is 0 Å². The van der Waals surface area contributed by atoms with Crippen molar-refractivity contribution in [2.75, 3.05) is 5.43 Å². The smallest absolute Gasteiger partial charge is 0.159 e. The maximum absolute atomic E-state index is 12.9. The van der Waals surface area contributed by atoms with Crippen LogP contribution in [0, 0.1) is 18.6 Å². The molecule has 0 fully saturated rings. The fourth-order valence-electron chi connectivity index (χ4n) is 1.40. The van der Waals surface area contributed by atoms with Gasteiger partial charge in [0.1, 0.15) is 0 Å². The van der Waals surface area contributed by atoms with Crippen molar-refractivity contribution in [2.45, 2.75) is 6.92 Å². The van der Waals surface area contributed by atoms with Crippen molar-refractivity contribution >= 4 is 11.9 Å². The molecule has 92 valence electrons. The van der Waals surface area contributed by atoms with E-state index in [1.807, 2.05) is 31.2 Å². The molecule has 0 radical (unpaired) electrons. The van der Waals surface area contributed by atoms with E-state index < -0.39 is 11.6 Å². The highest BCUT2D eigenvalue weighted by Crippen LogP contribution is 2.09. The maximum atomic E-state index is 12.9. The van der Waals surface area contributed by atoms with E-state index in [4.69, 9.17) is 0 Å². The number of hydrogen-bond donors (Lipinski definition) is 1. The second-order valence-electron chi connectivity index (χ2n) is 3.91. The number of nitrogens with one attached hydrogen (secondary N) is 1. The molecule has 2 rings (SSSR count). The Hall–Kier alpha value is -2.23. The van der Waals surface area contributed by atoms with Gasteiger partial charge in [-0.2, -0.15) is 5.10 Å². The number of benzene rings is 2. The third kappa shape index (κ3) is 3.13. The SMILES string of the molecule is Cc1ccc(NN=Cc2ccc(F)c(F)c2)cc1. The average molecular weight is 246 g/mol. The van der Waals surface area contributed by atoms with Crippen LogP contribution in [0.2, 0.25) is 0 Å². The Bertz CT molecular complexity index is 563. The molecule has 0 heterocycles. The lowest BCUT2D eigenvalue weighted by Crippen LogP contribution is -1.92. The molecule has 2 aromatic carbocycles. The predicted octanol–water partition coefficient (Wildman–Crippen LogP) is 3.72. The standard InChI is InChI=1S/C14H12F2N2/c1-10-2-5-12(6-3-10)18-17-9-11-4-7-13(15)14(16)8-11/h2-9,18H,1H3. The Morgan fingerprint density at radius 1 is 1.00 bits per heavy atom. The number of anilines is 1. The Morgan fingerprint density at radius 2 is 1.72 bits per heavy atom. The third-order valence-electron chi connectivity index (χ3n) is 2.40. The van der Waals surface area contributed by atoms with Crippen molar-refractivity contribution in [2.24, 2.45) is 5.10 Å². The lowest BCUT2D eigenvalue weighted by atomic mass is 10.2. The topological polar surface area (TPSA) is 24.4 Å². The summed E-state index contributed by atoms with van der Waals surface area (Å²) in [6, 6.07) is 11.3. The molecule has 18 heavy (non-hydrogen) atoms. The van der Waals surface area contributed by atoms with Crippen LogP contribution < -0.4 is 5.43 Å². The molecule has 0 spiro atoms. The van der Waals surface area contributed by atoms with Gasteiger partial charge in [0.05, 0.1) is 11.9 Å². The summed E-state index contributed by atoms with van der Waals surface area (Å²) < 4.78 is 25.6. The van der Waals surface area contributed by atoms with Crippen LogP contribution >= 0.6 is 0 Å². The van der Waals surface area contributed by atoms with E-state index in [0.29, 0.717) is 5.56 Å². The molecule has 4 heteroatoms. The first kappa shape index (κ1) is 12.2. The minimum Gasteiger partial charge on any atom is -0.279 e. The summed E-state index contributed by atoms with van der Waals surface area (Å²) >= 11 is 0. The Labute approximate surface area is 104 Å². The zero-order valence-electron chi connectivity index (χ0n) is 9.82. The maximum Gasteiger partial charge on any atom is 0.159 e. The van der Waals surface area contributed by atoms with E-state index in [2.05, 4.69) is 10.5 Å². The largest absolute Gasteiger partial charge is 0.279 e. The van der Waals surface area contributed by atoms with Gasteiger partial charge in [0, 0.05) is 0 Å². The quantitative estimate of drug-likeness (QED) is 0.647. The van der Waals surface area contributed by atoms with Gasteiger partial charge in [-0.1, -0.05) is 23.8 Å². The normalized spacial score (nSPS) is 10.8. The van der Waals surface area contributed by atoms with E-state index in [0.717, 1.165) is 23.4 Å². The number of halogens is 2. The van der Waals surface area contributed by atoms with Crippen molar-refractivity contribution in [3.63, 3.8) is 0 Å². The van der Waals surface area contributed by atoms with Crippen LogP contribution in [0.25, 0.3) is 0 Å². The van der Waals surface area contributed by atoms with Gasteiger partial charge in [0.15, 0.2) is 11.6 Å². The van der Waals surface area contributed by atoms with Gasteiger partial charge in [-0.05, 0) is 36.8 Å². The summed E-state index contributed by atoms with van der Waals surface area (Å²) in [4.78, 5) is 0. The van der Waals surface area contributed by atoms with E-state index in [1.165, 1.54) is 12.3 Å². The molecule has 0 saturated carbocycles. The summed E-state index contributed by atoms with van der Waals surface area (Å²) in [6.45, 7) is 1.99. The number of rotatable bonds is 3. The summed E-state index contributed by atoms with van der Waals surface area (Å²) in [5.41, 5.74) is 5.29. The van der Waals surface area contributed by atoms with Crippen molar-refractivity contribution < 1.29 is 8.78 Å². The predicted molar refractivity (Wildman–Crippen MR) is 68.8 cm³/mol. The van der Waals surface area contributed by atoms with Gasteiger partial charge in [-0.15, -0.1) is 0 Å². The molecule has 2 nitrogen and oxygen atoms in total.